The number of aromatic amines is 2. The molecule has 3 aromatic rings. The third-order valence-corrected chi connectivity index (χ3v) is 4.99. The summed E-state index contributed by atoms with van der Waals surface area (Å²) in [6.07, 6.45) is 13.6. The summed E-state index contributed by atoms with van der Waals surface area (Å²) in [5, 5.41) is 0.880. The lowest BCUT2D eigenvalue weighted by Crippen LogP contribution is -2.02. The number of hydrogen-bond donors (Lipinski definition) is 2. The molecular formula is C22H16N2O3. The number of cyclic esters (lactones) is 2. The molecule has 1 aromatic carbocycles. The van der Waals surface area contributed by atoms with Crippen LogP contribution in [0.15, 0.2) is 48.8 Å². The van der Waals surface area contributed by atoms with Crippen LogP contribution in [0, 0.1) is 0 Å². The maximum Gasteiger partial charge on any atom is 0.347 e. The Kier molecular flexibility index (Phi) is 3.47. The van der Waals surface area contributed by atoms with E-state index in [2.05, 4.69) is 22.1 Å². The molecule has 0 saturated heterocycles. The van der Waals surface area contributed by atoms with Crippen LogP contribution in [0.25, 0.3) is 34.2 Å². The third-order valence-electron chi connectivity index (χ3n) is 4.99. The molecule has 0 spiro atoms. The van der Waals surface area contributed by atoms with Crippen molar-refractivity contribution in [3.63, 3.8) is 0 Å². The van der Waals surface area contributed by atoms with Gasteiger partial charge in [0.25, 0.3) is 0 Å². The Morgan fingerprint density at radius 1 is 0.815 bits per heavy atom. The molecule has 0 bridgehead atoms. The van der Waals surface area contributed by atoms with Crippen molar-refractivity contribution >= 4 is 46.1 Å². The molecule has 27 heavy (non-hydrogen) atoms. The van der Waals surface area contributed by atoms with Crippen LogP contribution >= 0.6 is 0 Å². The van der Waals surface area contributed by atoms with E-state index in [0.717, 1.165) is 35.0 Å². The second-order valence-corrected chi connectivity index (χ2v) is 6.59. The van der Waals surface area contributed by atoms with Crippen molar-refractivity contribution < 1.29 is 14.3 Å². The van der Waals surface area contributed by atoms with Crippen LogP contribution in [0.4, 0.5) is 0 Å². The Labute approximate surface area is 155 Å². The molecule has 0 amide bonds. The highest BCUT2D eigenvalue weighted by Gasteiger charge is 2.37. The fourth-order valence-corrected chi connectivity index (χ4v) is 3.73. The minimum Gasteiger partial charge on any atom is -0.386 e. The fourth-order valence-electron chi connectivity index (χ4n) is 3.73. The van der Waals surface area contributed by atoms with E-state index in [1.807, 2.05) is 36.4 Å². The molecule has 1 aliphatic heterocycles. The van der Waals surface area contributed by atoms with Crippen molar-refractivity contribution in [3.05, 3.63) is 71.2 Å². The molecule has 132 valence electrons. The summed E-state index contributed by atoms with van der Waals surface area (Å²) in [4.78, 5) is 31.5. The number of hydrogen-bond acceptors (Lipinski definition) is 3. The van der Waals surface area contributed by atoms with Gasteiger partial charge in [0.1, 0.15) is 0 Å². The number of carbonyl (C=O) groups is 2. The first-order valence-electron chi connectivity index (χ1n) is 8.86. The summed E-state index contributed by atoms with van der Waals surface area (Å²) in [6, 6.07) is 7.68. The predicted octanol–water partition coefficient (Wildman–Crippen LogP) is 4.31. The molecule has 5 nitrogen and oxygen atoms in total. The van der Waals surface area contributed by atoms with Gasteiger partial charge < -0.3 is 14.7 Å². The van der Waals surface area contributed by atoms with Crippen LogP contribution < -0.4 is 0 Å². The number of aromatic nitrogens is 2. The van der Waals surface area contributed by atoms with Gasteiger partial charge in [-0.3, -0.25) is 0 Å². The minimum atomic E-state index is -0.611. The van der Waals surface area contributed by atoms with E-state index >= 15 is 0 Å². The number of H-pyrrole nitrogens is 2. The number of benzene rings is 1. The second-order valence-electron chi connectivity index (χ2n) is 6.59. The lowest BCUT2D eigenvalue weighted by molar-refractivity contribution is -0.149. The molecule has 0 fully saturated rings. The van der Waals surface area contributed by atoms with Gasteiger partial charge in [-0.25, -0.2) is 9.59 Å². The molecule has 5 rings (SSSR count). The molecular weight excluding hydrogens is 340 g/mol. The first-order valence-corrected chi connectivity index (χ1v) is 8.86. The zero-order valence-electron chi connectivity index (χ0n) is 14.4. The number of rotatable bonds is 2. The Morgan fingerprint density at radius 2 is 1.52 bits per heavy atom. The Hall–Kier alpha value is -3.60. The SMILES string of the molecule is O=C1OC(=O)C(c2c[nH]c3ccccc23)=C1c1c[nH]c2c1/C=C\CC/C=C\2. The van der Waals surface area contributed by atoms with Crippen LogP contribution in [0.1, 0.15) is 35.2 Å². The molecule has 2 N–H and O–H groups in total. The molecule has 5 heteroatoms. The molecule has 0 radical (unpaired) electrons. The van der Waals surface area contributed by atoms with E-state index in [1.54, 1.807) is 12.4 Å². The van der Waals surface area contributed by atoms with Crippen LogP contribution in [0.3, 0.4) is 0 Å². The van der Waals surface area contributed by atoms with Gasteiger partial charge in [0.05, 0.1) is 11.1 Å². The summed E-state index contributed by atoms with van der Waals surface area (Å²) < 4.78 is 5.01. The fraction of sp³-hybridized carbons (Fsp3) is 0.0909. The number of nitrogens with one attached hydrogen (secondary N) is 2. The lowest BCUT2D eigenvalue weighted by Gasteiger charge is -2.04. The molecule has 0 unspecified atom stereocenters. The van der Waals surface area contributed by atoms with Crippen LogP contribution in [-0.4, -0.2) is 21.9 Å². The van der Waals surface area contributed by atoms with E-state index in [9.17, 15) is 9.59 Å². The monoisotopic (exact) mass is 356 g/mol. The quantitative estimate of drug-likeness (QED) is 0.531. The van der Waals surface area contributed by atoms with Gasteiger partial charge in [-0.15, -0.1) is 0 Å². The predicted molar refractivity (Wildman–Crippen MR) is 104 cm³/mol. The summed E-state index contributed by atoms with van der Waals surface area (Å²) in [7, 11) is 0. The van der Waals surface area contributed by atoms with Crippen molar-refractivity contribution in [2.24, 2.45) is 0 Å². The van der Waals surface area contributed by atoms with E-state index < -0.39 is 11.9 Å². The average molecular weight is 356 g/mol. The Morgan fingerprint density at radius 3 is 2.37 bits per heavy atom. The van der Waals surface area contributed by atoms with E-state index in [4.69, 9.17) is 4.74 Å². The largest absolute Gasteiger partial charge is 0.386 e. The van der Waals surface area contributed by atoms with Gasteiger partial charge >= 0.3 is 11.9 Å². The number of fused-ring (bicyclic) bond motifs is 2. The molecule has 0 saturated carbocycles. The lowest BCUT2D eigenvalue weighted by atomic mass is 9.94. The van der Waals surface area contributed by atoms with Crippen molar-refractivity contribution in [2.75, 3.05) is 0 Å². The molecule has 3 heterocycles. The summed E-state index contributed by atoms with van der Waals surface area (Å²) in [5.41, 5.74) is 4.68. The average Bonchev–Trinajstić information content (AvgIpc) is 3.30. The van der Waals surface area contributed by atoms with E-state index in [-0.39, 0.29) is 0 Å². The van der Waals surface area contributed by atoms with Crippen molar-refractivity contribution in [1.29, 1.82) is 0 Å². The van der Waals surface area contributed by atoms with E-state index in [0.29, 0.717) is 22.3 Å². The number of allylic oxidation sites excluding steroid dienone is 2. The highest BCUT2D eigenvalue weighted by atomic mass is 16.6. The second kappa shape index (κ2) is 5.99. The Balaban J connectivity index is 1.78. The number of para-hydroxylation sites is 1. The van der Waals surface area contributed by atoms with Gasteiger partial charge in [-0.05, 0) is 25.0 Å². The molecule has 1 aliphatic carbocycles. The Bertz CT molecular complexity index is 1190. The third kappa shape index (κ3) is 2.39. The van der Waals surface area contributed by atoms with Crippen molar-refractivity contribution in [1.82, 2.24) is 9.97 Å². The summed E-state index contributed by atoms with van der Waals surface area (Å²) >= 11 is 0. The van der Waals surface area contributed by atoms with Gasteiger partial charge in [0.2, 0.25) is 0 Å². The topological polar surface area (TPSA) is 75.0 Å². The zero-order chi connectivity index (χ0) is 18.4. The molecule has 2 aromatic heterocycles. The normalized spacial score (nSPS) is 19.0. The zero-order valence-corrected chi connectivity index (χ0v) is 14.4. The van der Waals surface area contributed by atoms with Gasteiger partial charge in [-0.1, -0.05) is 36.4 Å². The van der Waals surface area contributed by atoms with Gasteiger partial charge in [0, 0.05) is 45.7 Å². The van der Waals surface area contributed by atoms with Gasteiger partial charge in [-0.2, -0.15) is 0 Å². The van der Waals surface area contributed by atoms with Crippen LogP contribution in [0.2, 0.25) is 0 Å². The smallest absolute Gasteiger partial charge is 0.347 e. The van der Waals surface area contributed by atoms with Crippen molar-refractivity contribution in [3.8, 4) is 0 Å². The highest BCUT2D eigenvalue weighted by molar-refractivity contribution is 6.46. The number of esters is 2. The molecule has 0 atom stereocenters. The maximum absolute atomic E-state index is 12.6. The standard InChI is InChI=1S/C22H16N2O3/c25-21-19(15-11-23-17-9-4-2-1-3-7-13(15)17)20(22(26)27-21)16-12-24-18-10-6-5-8-14(16)18/h3-12,23-24H,1-2H2/b7-3-,9-4-. The number of ether oxygens (including phenoxy) is 1. The molecule has 2 aliphatic rings. The minimum absolute atomic E-state index is 0.304. The number of carbonyl (C=O) groups excluding carboxylic acids is 2. The van der Waals surface area contributed by atoms with Crippen molar-refractivity contribution in [2.45, 2.75) is 12.8 Å². The maximum atomic E-state index is 12.6. The summed E-state index contributed by atoms with van der Waals surface area (Å²) in [5.74, 6) is -1.22. The van der Waals surface area contributed by atoms with Crippen LogP contribution in [-0.2, 0) is 14.3 Å². The van der Waals surface area contributed by atoms with Crippen LogP contribution in [0.5, 0.6) is 0 Å². The summed E-state index contributed by atoms with van der Waals surface area (Å²) in [6.45, 7) is 0. The first-order chi connectivity index (χ1) is 13.2. The van der Waals surface area contributed by atoms with E-state index in [1.165, 1.54) is 0 Å². The first kappa shape index (κ1) is 15.6. The van der Waals surface area contributed by atoms with Gasteiger partial charge in [0.15, 0.2) is 0 Å². The highest BCUT2D eigenvalue weighted by Crippen LogP contribution is 2.39.